The first-order valence-electron chi connectivity index (χ1n) is 11.7. The summed E-state index contributed by atoms with van der Waals surface area (Å²) >= 11 is 1.47. The quantitative estimate of drug-likeness (QED) is 0.581. The highest BCUT2D eigenvalue weighted by Crippen LogP contribution is 2.38. The highest BCUT2D eigenvalue weighted by molar-refractivity contribution is 7.89. The number of esters is 1. The molecule has 1 amide bonds. The van der Waals surface area contributed by atoms with E-state index >= 15 is 0 Å². The number of carbonyl (C=O) groups excluding carboxylic acids is 2. The molecule has 0 unspecified atom stereocenters. The molecule has 2 aromatic rings. The third kappa shape index (κ3) is 5.35. The standard InChI is InChI=1S/C24H31N3O5S2/c1-3-34(30,31)27-14-12-26(13-15-27)16-17-8-10-18(11-9-17)22(28)25-23-21(24(29)32-2)19-6-4-5-7-20(19)33-23/h8-11H,3-7,12-16H2,1-2H3,(H,25,28). The molecule has 10 heteroatoms. The van der Waals surface area contributed by atoms with Crippen LogP contribution in [-0.2, 0) is 34.1 Å². The molecule has 34 heavy (non-hydrogen) atoms. The zero-order chi connectivity index (χ0) is 24.3. The minimum absolute atomic E-state index is 0.131. The van der Waals surface area contributed by atoms with Crippen LogP contribution in [0, 0.1) is 0 Å². The Kier molecular flexibility index (Phi) is 7.71. The van der Waals surface area contributed by atoms with E-state index in [1.54, 1.807) is 23.4 Å². The lowest BCUT2D eigenvalue weighted by atomic mass is 9.95. The average molecular weight is 506 g/mol. The largest absolute Gasteiger partial charge is 0.465 e. The number of fused-ring (bicyclic) bond motifs is 1. The van der Waals surface area contributed by atoms with Crippen LogP contribution in [0.25, 0.3) is 0 Å². The number of methoxy groups -OCH3 is 1. The lowest BCUT2D eigenvalue weighted by molar-refractivity contribution is 0.0601. The van der Waals surface area contributed by atoms with Crippen molar-refractivity contribution in [2.75, 3.05) is 44.4 Å². The molecule has 2 aliphatic rings. The number of nitrogens with zero attached hydrogens (tertiary/aromatic N) is 2. The third-order valence-corrected chi connectivity index (χ3v) is 9.59. The molecule has 0 saturated carbocycles. The third-order valence-electron chi connectivity index (χ3n) is 6.50. The summed E-state index contributed by atoms with van der Waals surface area (Å²) in [6, 6.07) is 7.41. The Morgan fingerprint density at radius 2 is 1.74 bits per heavy atom. The Labute approximate surface area is 204 Å². The average Bonchev–Trinajstić information content (AvgIpc) is 3.22. The van der Waals surface area contributed by atoms with Gasteiger partial charge in [-0.1, -0.05) is 12.1 Å². The molecule has 4 rings (SSSR count). The number of carbonyl (C=O) groups is 2. The molecule has 1 aliphatic carbocycles. The molecule has 1 saturated heterocycles. The molecule has 1 aromatic heterocycles. The van der Waals surface area contributed by atoms with E-state index in [0.29, 0.717) is 48.9 Å². The molecule has 0 bridgehead atoms. The Morgan fingerprint density at radius 3 is 2.38 bits per heavy atom. The first-order chi connectivity index (χ1) is 16.3. The van der Waals surface area contributed by atoms with Crippen LogP contribution in [0.4, 0.5) is 5.00 Å². The molecule has 1 fully saturated rings. The Balaban J connectivity index is 1.39. The predicted octanol–water partition coefficient (Wildman–Crippen LogP) is 3.13. The van der Waals surface area contributed by atoms with E-state index in [1.165, 1.54) is 18.4 Å². The number of ether oxygens (including phenoxy) is 1. The number of amides is 1. The van der Waals surface area contributed by atoms with Gasteiger partial charge in [0.15, 0.2) is 0 Å². The van der Waals surface area contributed by atoms with Crippen LogP contribution in [0.3, 0.4) is 0 Å². The molecule has 0 spiro atoms. The van der Waals surface area contributed by atoms with Crippen LogP contribution in [0.2, 0.25) is 0 Å². The van der Waals surface area contributed by atoms with Gasteiger partial charge in [-0.2, -0.15) is 4.31 Å². The first-order valence-corrected chi connectivity index (χ1v) is 14.1. The monoisotopic (exact) mass is 505 g/mol. The van der Waals surface area contributed by atoms with E-state index in [9.17, 15) is 18.0 Å². The number of rotatable bonds is 7. The summed E-state index contributed by atoms with van der Waals surface area (Å²) in [6.45, 7) is 4.74. The number of benzene rings is 1. The summed E-state index contributed by atoms with van der Waals surface area (Å²) in [5.74, 6) is -0.531. The van der Waals surface area contributed by atoms with Gasteiger partial charge >= 0.3 is 5.97 Å². The number of sulfonamides is 1. The molecule has 1 N–H and O–H groups in total. The fourth-order valence-corrected chi connectivity index (χ4v) is 6.87. The van der Waals surface area contributed by atoms with Crippen LogP contribution in [0.1, 0.15) is 56.5 Å². The van der Waals surface area contributed by atoms with Gasteiger partial charge in [-0.15, -0.1) is 11.3 Å². The molecule has 1 aromatic carbocycles. The van der Waals surface area contributed by atoms with Gasteiger partial charge in [-0.25, -0.2) is 13.2 Å². The van der Waals surface area contributed by atoms with Crippen LogP contribution in [0.5, 0.6) is 0 Å². The maximum absolute atomic E-state index is 12.9. The summed E-state index contributed by atoms with van der Waals surface area (Å²) in [6.07, 6.45) is 3.88. The van der Waals surface area contributed by atoms with Crippen molar-refractivity contribution in [2.24, 2.45) is 0 Å². The summed E-state index contributed by atoms with van der Waals surface area (Å²) < 4.78 is 30.6. The summed E-state index contributed by atoms with van der Waals surface area (Å²) in [7, 11) is -1.77. The number of hydrogen-bond acceptors (Lipinski definition) is 7. The molecular formula is C24H31N3O5S2. The number of aryl methyl sites for hydroxylation is 1. The van der Waals surface area contributed by atoms with Crippen LogP contribution >= 0.6 is 11.3 Å². The van der Waals surface area contributed by atoms with Gasteiger partial charge in [0, 0.05) is 43.2 Å². The summed E-state index contributed by atoms with van der Waals surface area (Å²) in [5, 5.41) is 3.49. The van der Waals surface area contributed by atoms with Crippen molar-refractivity contribution in [3.05, 3.63) is 51.4 Å². The van der Waals surface area contributed by atoms with Crippen LogP contribution in [-0.4, -0.2) is 68.5 Å². The number of thiophene rings is 1. The van der Waals surface area contributed by atoms with E-state index in [4.69, 9.17) is 4.74 Å². The van der Waals surface area contributed by atoms with Crippen molar-refractivity contribution in [2.45, 2.75) is 39.2 Å². The zero-order valence-corrected chi connectivity index (χ0v) is 21.3. The second kappa shape index (κ2) is 10.6. The van der Waals surface area contributed by atoms with Crippen molar-refractivity contribution in [3.8, 4) is 0 Å². The second-order valence-electron chi connectivity index (χ2n) is 8.63. The fourth-order valence-electron chi connectivity index (χ4n) is 4.52. The minimum Gasteiger partial charge on any atom is -0.465 e. The number of piperazine rings is 1. The van der Waals surface area contributed by atoms with E-state index in [2.05, 4.69) is 10.2 Å². The lowest BCUT2D eigenvalue weighted by Crippen LogP contribution is -2.48. The highest BCUT2D eigenvalue weighted by Gasteiger charge is 2.28. The lowest BCUT2D eigenvalue weighted by Gasteiger charge is -2.33. The van der Waals surface area contributed by atoms with Gasteiger partial charge < -0.3 is 10.1 Å². The van der Waals surface area contributed by atoms with Gasteiger partial charge in [0.1, 0.15) is 5.00 Å². The molecule has 0 radical (unpaired) electrons. The van der Waals surface area contributed by atoms with E-state index in [1.807, 2.05) is 12.1 Å². The van der Waals surface area contributed by atoms with Crippen molar-refractivity contribution in [1.29, 1.82) is 0 Å². The Hall–Kier alpha value is -2.27. The first kappa shape index (κ1) is 24.8. The van der Waals surface area contributed by atoms with Gasteiger partial charge in [-0.3, -0.25) is 9.69 Å². The Bertz CT molecular complexity index is 1150. The van der Waals surface area contributed by atoms with Gasteiger partial charge in [-0.05, 0) is 55.9 Å². The molecule has 8 nitrogen and oxygen atoms in total. The maximum Gasteiger partial charge on any atom is 0.341 e. The smallest absolute Gasteiger partial charge is 0.341 e. The van der Waals surface area contributed by atoms with Crippen molar-refractivity contribution in [1.82, 2.24) is 9.21 Å². The van der Waals surface area contributed by atoms with Crippen molar-refractivity contribution in [3.63, 3.8) is 0 Å². The molecule has 2 heterocycles. The van der Waals surface area contributed by atoms with E-state index < -0.39 is 16.0 Å². The second-order valence-corrected chi connectivity index (χ2v) is 12.0. The van der Waals surface area contributed by atoms with E-state index in [-0.39, 0.29) is 11.7 Å². The minimum atomic E-state index is -3.14. The summed E-state index contributed by atoms with van der Waals surface area (Å²) in [4.78, 5) is 28.7. The van der Waals surface area contributed by atoms with E-state index in [0.717, 1.165) is 41.7 Å². The Morgan fingerprint density at radius 1 is 1.06 bits per heavy atom. The summed E-state index contributed by atoms with van der Waals surface area (Å²) in [5.41, 5.74) is 3.09. The molecule has 184 valence electrons. The maximum atomic E-state index is 12.9. The number of hydrogen-bond donors (Lipinski definition) is 1. The van der Waals surface area contributed by atoms with Gasteiger partial charge in [0.25, 0.3) is 5.91 Å². The van der Waals surface area contributed by atoms with Crippen molar-refractivity contribution < 1.29 is 22.7 Å². The zero-order valence-electron chi connectivity index (χ0n) is 19.6. The topological polar surface area (TPSA) is 96.0 Å². The van der Waals surface area contributed by atoms with Crippen LogP contribution in [0.15, 0.2) is 24.3 Å². The normalized spacial score (nSPS) is 17.2. The fraction of sp³-hybridized carbons (Fsp3) is 0.500. The molecule has 1 aliphatic heterocycles. The van der Waals surface area contributed by atoms with Crippen LogP contribution < -0.4 is 5.32 Å². The number of anilines is 1. The van der Waals surface area contributed by atoms with Gasteiger partial charge in [0.2, 0.25) is 10.0 Å². The predicted molar refractivity (Wildman–Crippen MR) is 133 cm³/mol. The molecular weight excluding hydrogens is 474 g/mol. The molecule has 0 atom stereocenters. The van der Waals surface area contributed by atoms with Crippen molar-refractivity contribution >= 4 is 38.2 Å². The van der Waals surface area contributed by atoms with Gasteiger partial charge in [0.05, 0.1) is 18.4 Å². The highest BCUT2D eigenvalue weighted by atomic mass is 32.2. The number of nitrogens with one attached hydrogen (secondary N) is 1. The SMILES string of the molecule is CCS(=O)(=O)N1CCN(Cc2ccc(C(=O)Nc3sc4c(c3C(=O)OC)CCCC4)cc2)CC1.